The zero-order valence-corrected chi connectivity index (χ0v) is 14.1. The van der Waals surface area contributed by atoms with Crippen molar-refractivity contribution in [2.24, 2.45) is 0 Å². The van der Waals surface area contributed by atoms with Crippen molar-refractivity contribution in [1.82, 2.24) is 9.88 Å². The number of aromatic amines is 1. The SMILES string of the molecule is O=C(c1ccc2cc[nH]c2c1)N1CCC[C@@H]1C[C@H](O)c1ccccc1. The summed E-state index contributed by atoms with van der Waals surface area (Å²) in [6.45, 7) is 0.758. The molecule has 0 saturated carbocycles. The molecule has 0 bridgehead atoms. The van der Waals surface area contributed by atoms with Gasteiger partial charge in [-0.1, -0.05) is 36.4 Å². The molecule has 25 heavy (non-hydrogen) atoms. The van der Waals surface area contributed by atoms with Crippen LogP contribution in [0.3, 0.4) is 0 Å². The molecule has 1 aromatic heterocycles. The summed E-state index contributed by atoms with van der Waals surface area (Å²) in [6, 6.07) is 17.5. The Labute approximate surface area is 147 Å². The quantitative estimate of drug-likeness (QED) is 0.760. The van der Waals surface area contributed by atoms with Crippen LogP contribution < -0.4 is 0 Å². The molecule has 0 aliphatic carbocycles. The summed E-state index contributed by atoms with van der Waals surface area (Å²) >= 11 is 0. The molecule has 1 aliphatic heterocycles. The number of aliphatic hydroxyl groups excluding tert-OH is 1. The number of likely N-dealkylation sites (tertiary alicyclic amines) is 1. The van der Waals surface area contributed by atoms with Crippen molar-refractivity contribution in [2.75, 3.05) is 6.54 Å². The minimum Gasteiger partial charge on any atom is -0.388 e. The van der Waals surface area contributed by atoms with Crippen LogP contribution >= 0.6 is 0 Å². The predicted molar refractivity (Wildman–Crippen MR) is 98.4 cm³/mol. The Morgan fingerprint density at radius 2 is 2.04 bits per heavy atom. The highest BCUT2D eigenvalue weighted by Gasteiger charge is 2.31. The predicted octanol–water partition coefficient (Wildman–Crippen LogP) is 3.90. The molecule has 0 radical (unpaired) electrons. The zero-order valence-electron chi connectivity index (χ0n) is 14.1. The number of fused-ring (bicyclic) bond motifs is 1. The fraction of sp³-hybridized carbons (Fsp3) is 0.286. The summed E-state index contributed by atoms with van der Waals surface area (Å²) in [7, 11) is 0. The largest absolute Gasteiger partial charge is 0.388 e. The number of hydrogen-bond donors (Lipinski definition) is 2. The van der Waals surface area contributed by atoms with Gasteiger partial charge in [0.15, 0.2) is 0 Å². The molecule has 4 nitrogen and oxygen atoms in total. The minimum atomic E-state index is -0.537. The number of aliphatic hydroxyl groups is 1. The van der Waals surface area contributed by atoms with E-state index in [9.17, 15) is 9.90 Å². The van der Waals surface area contributed by atoms with E-state index in [0.29, 0.717) is 12.0 Å². The van der Waals surface area contributed by atoms with E-state index < -0.39 is 6.10 Å². The van der Waals surface area contributed by atoms with Crippen molar-refractivity contribution in [3.05, 3.63) is 71.9 Å². The molecule has 0 spiro atoms. The summed E-state index contributed by atoms with van der Waals surface area (Å²) < 4.78 is 0. The first-order valence-electron chi connectivity index (χ1n) is 8.83. The number of hydrogen-bond acceptors (Lipinski definition) is 2. The fourth-order valence-electron chi connectivity index (χ4n) is 3.76. The molecular weight excluding hydrogens is 312 g/mol. The van der Waals surface area contributed by atoms with Gasteiger partial charge in [-0.05, 0) is 48.4 Å². The second-order valence-electron chi connectivity index (χ2n) is 6.74. The molecular formula is C21H22N2O2. The van der Waals surface area contributed by atoms with Gasteiger partial charge in [0.05, 0.1) is 6.10 Å². The lowest BCUT2D eigenvalue weighted by molar-refractivity contribution is 0.0667. The van der Waals surface area contributed by atoms with Gasteiger partial charge >= 0.3 is 0 Å². The minimum absolute atomic E-state index is 0.0549. The molecule has 1 fully saturated rings. The third-order valence-electron chi connectivity index (χ3n) is 5.12. The Morgan fingerprint density at radius 1 is 1.20 bits per heavy atom. The second kappa shape index (κ2) is 6.73. The fourth-order valence-corrected chi connectivity index (χ4v) is 3.76. The Hall–Kier alpha value is -2.59. The van der Waals surface area contributed by atoms with Crippen LogP contribution in [-0.2, 0) is 0 Å². The van der Waals surface area contributed by atoms with Crippen molar-refractivity contribution in [3.63, 3.8) is 0 Å². The average Bonchev–Trinajstić information content (AvgIpc) is 3.30. The number of amides is 1. The van der Waals surface area contributed by atoms with E-state index in [4.69, 9.17) is 0 Å². The van der Waals surface area contributed by atoms with Crippen molar-refractivity contribution >= 4 is 16.8 Å². The number of nitrogens with one attached hydrogen (secondary N) is 1. The highest BCUT2D eigenvalue weighted by Crippen LogP contribution is 2.29. The monoisotopic (exact) mass is 334 g/mol. The van der Waals surface area contributed by atoms with Crippen LogP contribution in [0.1, 0.15) is 41.3 Å². The third-order valence-corrected chi connectivity index (χ3v) is 5.12. The van der Waals surface area contributed by atoms with Crippen LogP contribution in [0.25, 0.3) is 10.9 Å². The Bertz CT molecular complexity index is 872. The number of carbonyl (C=O) groups excluding carboxylic acids is 1. The van der Waals surface area contributed by atoms with Gasteiger partial charge in [-0.2, -0.15) is 0 Å². The molecule has 4 heteroatoms. The lowest BCUT2D eigenvalue weighted by atomic mass is 10.00. The summed E-state index contributed by atoms with van der Waals surface area (Å²) in [5, 5.41) is 11.6. The molecule has 2 atom stereocenters. The van der Waals surface area contributed by atoms with E-state index in [1.165, 1.54) is 0 Å². The van der Waals surface area contributed by atoms with Gasteiger partial charge in [0.1, 0.15) is 0 Å². The van der Waals surface area contributed by atoms with Gasteiger partial charge in [0, 0.05) is 29.9 Å². The maximum absolute atomic E-state index is 13.0. The Morgan fingerprint density at radius 3 is 2.88 bits per heavy atom. The number of nitrogens with zero attached hydrogens (tertiary/aromatic N) is 1. The summed E-state index contributed by atoms with van der Waals surface area (Å²) in [5.74, 6) is 0.0549. The standard InChI is InChI=1S/C21H22N2O2/c24-20(16-5-2-1-3-6-16)14-18-7-4-12-23(18)21(25)17-9-8-15-10-11-22-19(15)13-17/h1-3,5-6,8-11,13,18,20,22,24H,4,7,12,14H2/t18-,20+/m1/s1. The topological polar surface area (TPSA) is 56.3 Å². The van der Waals surface area contributed by atoms with E-state index >= 15 is 0 Å². The first kappa shape index (κ1) is 15.9. The van der Waals surface area contributed by atoms with E-state index in [1.54, 1.807) is 0 Å². The van der Waals surface area contributed by atoms with Crippen LogP contribution in [0.4, 0.5) is 0 Å². The van der Waals surface area contributed by atoms with Crippen LogP contribution in [0.15, 0.2) is 60.8 Å². The van der Waals surface area contributed by atoms with E-state index in [-0.39, 0.29) is 11.9 Å². The van der Waals surface area contributed by atoms with Crippen molar-refractivity contribution in [2.45, 2.75) is 31.4 Å². The number of benzene rings is 2. The molecule has 2 heterocycles. The number of H-pyrrole nitrogens is 1. The number of carbonyl (C=O) groups is 1. The van der Waals surface area contributed by atoms with E-state index in [0.717, 1.165) is 35.9 Å². The summed E-state index contributed by atoms with van der Waals surface area (Å²) in [5.41, 5.74) is 2.59. The van der Waals surface area contributed by atoms with Crippen molar-refractivity contribution < 1.29 is 9.90 Å². The molecule has 1 aliphatic rings. The van der Waals surface area contributed by atoms with Crippen LogP contribution in [0.5, 0.6) is 0 Å². The maximum atomic E-state index is 13.0. The molecule has 128 valence electrons. The van der Waals surface area contributed by atoms with Crippen LogP contribution in [0.2, 0.25) is 0 Å². The summed E-state index contributed by atoms with van der Waals surface area (Å²) in [4.78, 5) is 18.1. The first-order valence-corrected chi connectivity index (χ1v) is 8.83. The van der Waals surface area contributed by atoms with Gasteiger partial charge < -0.3 is 15.0 Å². The van der Waals surface area contributed by atoms with Gasteiger partial charge in [0.25, 0.3) is 5.91 Å². The zero-order chi connectivity index (χ0) is 17.2. The second-order valence-corrected chi connectivity index (χ2v) is 6.74. The lowest BCUT2D eigenvalue weighted by Gasteiger charge is -2.27. The molecule has 1 amide bonds. The third kappa shape index (κ3) is 3.17. The molecule has 4 rings (SSSR count). The smallest absolute Gasteiger partial charge is 0.254 e. The van der Waals surface area contributed by atoms with Crippen molar-refractivity contribution in [3.8, 4) is 0 Å². The molecule has 2 N–H and O–H groups in total. The molecule has 2 aromatic carbocycles. The van der Waals surface area contributed by atoms with Crippen LogP contribution in [-0.4, -0.2) is 33.5 Å². The van der Waals surface area contributed by atoms with Gasteiger partial charge in [-0.25, -0.2) is 0 Å². The highest BCUT2D eigenvalue weighted by atomic mass is 16.3. The van der Waals surface area contributed by atoms with Gasteiger partial charge in [-0.15, -0.1) is 0 Å². The number of rotatable bonds is 4. The normalized spacial score (nSPS) is 18.6. The Balaban J connectivity index is 1.51. The molecule has 3 aromatic rings. The van der Waals surface area contributed by atoms with E-state index in [1.807, 2.05) is 65.7 Å². The van der Waals surface area contributed by atoms with Crippen LogP contribution in [0, 0.1) is 0 Å². The maximum Gasteiger partial charge on any atom is 0.254 e. The molecule has 1 saturated heterocycles. The highest BCUT2D eigenvalue weighted by molar-refractivity contribution is 5.98. The number of aromatic nitrogens is 1. The van der Waals surface area contributed by atoms with Crippen molar-refractivity contribution in [1.29, 1.82) is 0 Å². The lowest BCUT2D eigenvalue weighted by Crippen LogP contribution is -2.36. The summed E-state index contributed by atoms with van der Waals surface area (Å²) in [6.07, 6.45) is 3.86. The van der Waals surface area contributed by atoms with E-state index in [2.05, 4.69) is 4.98 Å². The molecule has 0 unspecified atom stereocenters. The van der Waals surface area contributed by atoms with Gasteiger partial charge in [-0.3, -0.25) is 4.79 Å². The Kier molecular flexibility index (Phi) is 4.28. The average molecular weight is 334 g/mol. The van der Waals surface area contributed by atoms with Gasteiger partial charge in [0.2, 0.25) is 0 Å². The first-order chi connectivity index (χ1) is 12.2.